The number of carbonyl (C=O) groups is 1. The molecule has 0 atom stereocenters. The average Bonchev–Trinajstić information content (AvgIpc) is 2.61. The maximum absolute atomic E-state index is 11.4. The summed E-state index contributed by atoms with van der Waals surface area (Å²) in [5, 5.41) is 26.2. The highest BCUT2D eigenvalue weighted by atomic mass is 16.6. The van der Waals surface area contributed by atoms with E-state index in [2.05, 4.69) is 10.5 Å². The van der Waals surface area contributed by atoms with Crippen LogP contribution in [0.1, 0.15) is 15.9 Å². The van der Waals surface area contributed by atoms with E-state index in [4.69, 9.17) is 9.47 Å². The van der Waals surface area contributed by atoms with Gasteiger partial charge in [-0.25, -0.2) is 0 Å². The Hall–Kier alpha value is -3.62. The van der Waals surface area contributed by atoms with Gasteiger partial charge in [-0.05, 0) is 18.2 Å². The normalized spacial score (nSPS) is 10.5. The van der Waals surface area contributed by atoms with Crippen molar-refractivity contribution in [3.05, 3.63) is 57.6 Å². The van der Waals surface area contributed by atoms with Gasteiger partial charge >= 0.3 is 0 Å². The maximum Gasteiger partial charge on any atom is 0.294 e. The molecule has 0 aliphatic heterocycles. The standard InChI is InChI=1S/C16H15N3O6/c1-24-13-8-7-10(14(16(20)21)15(13)25-2)9-17-18-11-5-3-4-6-12(11)19(22)23/h3-9,18H,1-2H3,(H,20,21)/p-1/b17-9+. The van der Waals surface area contributed by atoms with Gasteiger partial charge in [-0.1, -0.05) is 12.1 Å². The number of aromatic carboxylic acids is 1. The highest BCUT2D eigenvalue weighted by molar-refractivity contribution is 6.01. The van der Waals surface area contributed by atoms with Crippen molar-refractivity contribution in [2.75, 3.05) is 19.6 Å². The largest absolute Gasteiger partial charge is 0.545 e. The number of hydrazone groups is 1. The van der Waals surface area contributed by atoms with E-state index in [1.165, 1.54) is 50.8 Å². The highest BCUT2D eigenvalue weighted by Gasteiger charge is 2.15. The first-order valence-corrected chi connectivity index (χ1v) is 6.98. The molecule has 0 spiro atoms. The molecule has 0 amide bonds. The van der Waals surface area contributed by atoms with E-state index in [1.54, 1.807) is 6.07 Å². The summed E-state index contributed by atoms with van der Waals surface area (Å²) in [5.74, 6) is -1.24. The second-order valence-electron chi connectivity index (χ2n) is 4.70. The van der Waals surface area contributed by atoms with Crippen LogP contribution in [0, 0.1) is 10.1 Å². The summed E-state index contributed by atoms with van der Waals surface area (Å²) in [6.45, 7) is 0. The Morgan fingerprint density at radius 2 is 1.92 bits per heavy atom. The number of nitro benzene ring substituents is 1. The molecule has 0 unspecified atom stereocenters. The number of hydrogen-bond acceptors (Lipinski definition) is 8. The van der Waals surface area contributed by atoms with Gasteiger partial charge in [0.25, 0.3) is 5.69 Å². The number of nitrogens with one attached hydrogen (secondary N) is 1. The van der Waals surface area contributed by atoms with Crippen LogP contribution < -0.4 is 20.0 Å². The number of carbonyl (C=O) groups excluding carboxylic acids is 1. The number of para-hydroxylation sites is 2. The summed E-state index contributed by atoms with van der Waals surface area (Å²) in [6, 6.07) is 8.89. The van der Waals surface area contributed by atoms with E-state index < -0.39 is 10.9 Å². The second kappa shape index (κ2) is 7.77. The van der Waals surface area contributed by atoms with Crippen molar-refractivity contribution in [1.82, 2.24) is 0 Å². The van der Waals surface area contributed by atoms with Gasteiger partial charge in [0.05, 0.1) is 36.9 Å². The molecule has 2 rings (SSSR count). The molecule has 9 nitrogen and oxygen atoms in total. The molecule has 0 saturated carbocycles. The fourth-order valence-corrected chi connectivity index (χ4v) is 2.16. The molecule has 2 aromatic carbocycles. The fraction of sp³-hybridized carbons (Fsp3) is 0.125. The molecule has 9 heteroatoms. The van der Waals surface area contributed by atoms with Crippen molar-refractivity contribution in [1.29, 1.82) is 0 Å². The second-order valence-corrected chi connectivity index (χ2v) is 4.70. The molecule has 0 bridgehead atoms. The van der Waals surface area contributed by atoms with E-state index >= 15 is 0 Å². The third-order valence-electron chi connectivity index (χ3n) is 3.27. The molecule has 0 saturated heterocycles. The molecule has 130 valence electrons. The lowest BCUT2D eigenvalue weighted by molar-refractivity contribution is -0.384. The predicted octanol–water partition coefficient (Wildman–Crippen LogP) is 1.42. The minimum absolute atomic E-state index is 0.00265. The Labute approximate surface area is 142 Å². The van der Waals surface area contributed by atoms with Gasteiger partial charge in [0.2, 0.25) is 0 Å². The van der Waals surface area contributed by atoms with Gasteiger partial charge in [0.1, 0.15) is 5.69 Å². The zero-order valence-electron chi connectivity index (χ0n) is 13.4. The lowest BCUT2D eigenvalue weighted by Gasteiger charge is -2.15. The first-order valence-electron chi connectivity index (χ1n) is 6.98. The molecule has 0 aromatic heterocycles. The Morgan fingerprint density at radius 3 is 2.52 bits per heavy atom. The van der Waals surface area contributed by atoms with Crippen molar-refractivity contribution in [3.63, 3.8) is 0 Å². The van der Waals surface area contributed by atoms with E-state index in [-0.39, 0.29) is 34.0 Å². The van der Waals surface area contributed by atoms with E-state index in [0.717, 1.165) is 0 Å². The lowest BCUT2D eigenvalue weighted by atomic mass is 10.1. The number of nitro groups is 1. The summed E-state index contributed by atoms with van der Waals surface area (Å²) in [7, 11) is 2.68. The molecule has 0 aliphatic rings. The molecule has 0 heterocycles. The van der Waals surface area contributed by atoms with Crippen LogP contribution in [-0.2, 0) is 0 Å². The Balaban J connectivity index is 2.36. The van der Waals surface area contributed by atoms with E-state index in [9.17, 15) is 20.0 Å². The monoisotopic (exact) mass is 344 g/mol. The number of carboxylic acids is 1. The molecule has 1 N–H and O–H groups in total. The van der Waals surface area contributed by atoms with Gasteiger partial charge < -0.3 is 19.4 Å². The van der Waals surface area contributed by atoms with Crippen LogP contribution in [0.15, 0.2) is 41.5 Å². The first kappa shape index (κ1) is 17.7. The molecular weight excluding hydrogens is 330 g/mol. The van der Waals surface area contributed by atoms with E-state index in [1.807, 2.05) is 0 Å². The number of hydrogen-bond donors (Lipinski definition) is 1. The quantitative estimate of drug-likeness (QED) is 0.457. The van der Waals surface area contributed by atoms with Crippen molar-refractivity contribution in [3.8, 4) is 11.5 Å². The van der Waals surface area contributed by atoms with Crippen molar-refractivity contribution >= 4 is 23.6 Å². The number of nitrogens with zero attached hydrogens (tertiary/aromatic N) is 2. The summed E-state index contributed by atoms with van der Waals surface area (Å²) in [6.07, 6.45) is 1.20. The number of carboxylic acid groups (broad SMARTS) is 1. The highest BCUT2D eigenvalue weighted by Crippen LogP contribution is 2.32. The summed E-state index contributed by atoms with van der Waals surface area (Å²) in [4.78, 5) is 21.8. The Kier molecular flexibility index (Phi) is 5.51. The van der Waals surface area contributed by atoms with Crippen LogP contribution >= 0.6 is 0 Å². The number of methoxy groups -OCH3 is 2. The van der Waals surface area contributed by atoms with Gasteiger partial charge in [0.15, 0.2) is 11.5 Å². The minimum Gasteiger partial charge on any atom is -0.545 e. The average molecular weight is 344 g/mol. The van der Waals surface area contributed by atoms with Gasteiger partial charge in [0, 0.05) is 11.6 Å². The van der Waals surface area contributed by atoms with Crippen LogP contribution in [0.3, 0.4) is 0 Å². The zero-order valence-corrected chi connectivity index (χ0v) is 13.4. The number of benzene rings is 2. The van der Waals surface area contributed by atoms with E-state index in [0.29, 0.717) is 0 Å². The van der Waals surface area contributed by atoms with Crippen molar-refractivity contribution in [2.45, 2.75) is 0 Å². The Bertz CT molecular complexity index is 835. The summed E-state index contributed by atoms with van der Waals surface area (Å²) >= 11 is 0. The summed E-state index contributed by atoms with van der Waals surface area (Å²) in [5.41, 5.74) is 2.47. The third-order valence-corrected chi connectivity index (χ3v) is 3.27. The first-order chi connectivity index (χ1) is 12.0. The van der Waals surface area contributed by atoms with Gasteiger partial charge in [-0.15, -0.1) is 0 Å². The molecule has 2 aromatic rings. The van der Waals surface area contributed by atoms with Crippen LogP contribution in [-0.4, -0.2) is 31.3 Å². The molecule has 0 radical (unpaired) electrons. The Morgan fingerprint density at radius 1 is 1.20 bits per heavy atom. The zero-order chi connectivity index (χ0) is 18.4. The van der Waals surface area contributed by atoms with Crippen LogP contribution in [0.5, 0.6) is 11.5 Å². The topological polar surface area (TPSA) is 126 Å². The van der Waals surface area contributed by atoms with Crippen LogP contribution in [0.4, 0.5) is 11.4 Å². The number of rotatable bonds is 7. The smallest absolute Gasteiger partial charge is 0.294 e. The molecule has 0 aliphatic carbocycles. The van der Waals surface area contributed by atoms with Gasteiger partial charge in [-0.2, -0.15) is 5.10 Å². The predicted molar refractivity (Wildman–Crippen MR) is 88.2 cm³/mol. The van der Waals surface area contributed by atoms with Crippen LogP contribution in [0.25, 0.3) is 0 Å². The number of ether oxygens (including phenoxy) is 2. The maximum atomic E-state index is 11.4. The van der Waals surface area contributed by atoms with Crippen LogP contribution in [0.2, 0.25) is 0 Å². The summed E-state index contributed by atoms with van der Waals surface area (Å²) < 4.78 is 10.1. The third kappa shape index (κ3) is 3.83. The fourth-order valence-electron chi connectivity index (χ4n) is 2.16. The van der Waals surface area contributed by atoms with Crippen molar-refractivity contribution in [2.24, 2.45) is 5.10 Å². The minimum atomic E-state index is -1.47. The van der Waals surface area contributed by atoms with Crippen molar-refractivity contribution < 1.29 is 24.3 Å². The lowest BCUT2D eigenvalue weighted by Crippen LogP contribution is -2.25. The molecule has 0 fully saturated rings. The van der Waals surface area contributed by atoms with Gasteiger partial charge in [-0.3, -0.25) is 15.5 Å². The SMILES string of the molecule is COc1ccc(/C=N/Nc2ccccc2[N+](=O)[O-])c(C(=O)[O-])c1OC. The molecule has 25 heavy (non-hydrogen) atoms. The number of anilines is 1. The molecular formula is C16H14N3O6-.